The number of carbonyl (C=O) groups excluding carboxylic acids is 2. The molecule has 9 heteroatoms. The van der Waals surface area contributed by atoms with Crippen molar-refractivity contribution in [2.45, 2.75) is 57.7 Å². The van der Waals surface area contributed by atoms with Crippen LogP contribution in [0.2, 0.25) is 0 Å². The van der Waals surface area contributed by atoms with Crippen LogP contribution in [0.1, 0.15) is 54.2 Å². The van der Waals surface area contributed by atoms with E-state index in [0.717, 1.165) is 51.9 Å². The van der Waals surface area contributed by atoms with Crippen molar-refractivity contribution in [1.29, 1.82) is 0 Å². The molecular weight excluding hydrogens is 444 g/mol. The first-order valence-electron chi connectivity index (χ1n) is 12.6. The van der Waals surface area contributed by atoms with Crippen molar-refractivity contribution in [3.05, 3.63) is 53.5 Å². The number of anilines is 1. The number of piperidine rings is 1. The average molecular weight is 481 g/mol. The van der Waals surface area contributed by atoms with Gasteiger partial charge >= 0.3 is 0 Å². The second-order valence-corrected chi connectivity index (χ2v) is 9.46. The Morgan fingerprint density at radius 3 is 2.69 bits per heavy atom. The van der Waals surface area contributed by atoms with E-state index < -0.39 is 6.10 Å². The number of hydrogen-bond donors (Lipinski definition) is 3. The highest BCUT2D eigenvalue weighted by atomic mass is 16.3. The second-order valence-electron chi connectivity index (χ2n) is 9.46. The number of aliphatic hydroxyl groups excluding tert-OH is 1. The third kappa shape index (κ3) is 6.99. The molecule has 2 aliphatic rings. The first-order chi connectivity index (χ1) is 17.0. The van der Waals surface area contributed by atoms with E-state index in [1.807, 2.05) is 17.9 Å². The molecular formula is C26H36N6O3. The van der Waals surface area contributed by atoms with Crippen molar-refractivity contribution in [3.8, 4) is 0 Å². The highest BCUT2D eigenvalue weighted by Gasteiger charge is 2.23. The summed E-state index contributed by atoms with van der Waals surface area (Å²) in [4.78, 5) is 37.2. The molecule has 0 spiro atoms. The van der Waals surface area contributed by atoms with Crippen LogP contribution in [0.25, 0.3) is 0 Å². The third-order valence-corrected chi connectivity index (χ3v) is 6.74. The number of rotatable bonds is 9. The number of β-amino-alcohol motifs (C(OH)–C–C–N with tert-alkyl or cyclic N) is 1. The normalized spacial score (nSPS) is 17.5. The van der Waals surface area contributed by atoms with Gasteiger partial charge in [0.25, 0.3) is 5.91 Å². The van der Waals surface area contributed by atoms with E-state index >= 15 is 0 Å². The summed E-state index contributed by atoms with van der Waals surface area (Å²) in [6, 6.07) is 10.2. The maximum atomic E-state index is 12.6. The molecule has 1 aromatic heterocycles. The van der Waals surface area contributed by atoms with Gasteiger partial charge in [0.1, 0.15) is 17.8 Å². The minimum absolute atomic E-state index is 0.161. The summed E-state index contributed by atoms with van der Waals surface area (Å²) in [7, 11) is 0. The minimum Gasteiger partial charge on any atom is -0.390 e. The van der Waals surface area contributed by atoms with E-state index in [0.29, 0.717) is 18.8 Å². The number of carbonyl (C=O) groups is 2. The van der Waals surface area contributed by atoms with Gasteiger partial charge in [0, 0.05) is 57.8 Å². The van der Waals surface area contributed by atoms with Crippen LogP contribution in [-0.4, -0.2) is 81.6 Å². The first kappa shape index (κ1) is 25.1. The van der Waals surface area contributed by atoms with Crippen molar-refractivity contribution >= 4 is 17.6 Å². The molecule has 188 valence electrons. The predicted molar refractivity (Wildman–Crippen MR) is 134 cm³/mol. The number of fused-ring (bicyclic) bond motifs is 1. The van der Waals surface area contributed by atoms with Crippen molar-refractivity contribution in [2.75, 3.05) is 38.0 Å². The number of likely N-dealkylation sites (tertiary alicyclic amines) is 1. The molecule has 1 atom stereocenters. The van der Waals surface area contributed by atoms with E-state index in [2.05, 4.69) is 43.7 Å². The Morgan fingerprint density at radius 2 is 1.91 bits per heavy atom. The van der Waals surface area contributed by atoms with Crippen molar-refractivity contribution in [3.63, 3.8) is 0 Å². The number of nitrogens with zero attached hydrogens (tertiary/aromatic N) is 4. The van der Waals surface area contributed by atoms with Gasteiger partial charge in [-0.2, -0.15) is 0 Å². The van der Waals surface area contributed by atoms with Gasteiger partial charge in [-0.1, -0.05) is 31.2 Å². The molecule has 4 rings (SSSR count). The third-order valence-electron chi connectivity index (χ3n) is 6.74. The van der Waals surface area contributed by atoms with E-state index in [9.17, 15) is 14.7 Å². The van der Waals surface area contributed by atoms with Crippen LogP contribution < -0.4 is 10.6 Å². The number of benzene rings is 1. The molecule has 3 heterocycles. The zero-order valence-corrected chi connectivity index (χ0v) is 20.4. The highest BCUT2D eigenvalue weighted by Crippen LogP contribution is 2.19. The topological polar surface area (TPSA) is 111 Å². The fourth-order valence-electron chi connectivity index (χ4n) is 4.79. The summed E-state index contributed by atoms with van der Waals surface area (Å²) in [5, 5.41) is 16.6. The van der Waals surface area contributed by atoms with Crippen LogP contribution in [0.15, 0.2) is 36.7 Å². The molecule has 0 aliphatic carbocycles. The number of hydrogen-bond acceptors (Lipinski definition) is 7. The van der Waals surface area contributed by atoms with E-state index in [-0.39, 0.29) is 30.1 Å². The van der Waals surface area contributed by atoms with Crippen LogP contribution in [0.5, 0.6) is 0 Å². The SMILES string of the molecule is CCCC(=O)N1CCC(Nc2cc(C(=O)NC[C@H](O)CN3CCc4ccccc4C3)ncn2)CC1. The second kappa shape index (κ2) is 12.1. The summed E-state index contributed by atoms with van der Waals surface area (Å²) in [5.41, 5.74) is 2.93. The smallest absolute Gasteiger partial charge is 0.270 e. The number of aliphatic hydroxyl groups is 1. The van der Waals surface area contributed by atoms with E-state index in [1.165, 1.54) is 17.5 Å². The molecule has 2 amide bonds. The zero-order chi connectivity index (χ0) is 24.6. The summed E-state index contributed by atoms with van der Waals surface area (Å²) in [6.45, 7) is 5.86. The van der Waals surface area contributed by atoms with Gasteiger partial charge in [-0.05, 0) is 36.8 Å². The number of amides is 2. The molecule has 35 heavy (non-hydrogen) atoms. The fraction of sp³-hybridized carbons (Fsp3) is 0.538. The average Bonchev–Trinajstić information content (AvgIpc) is 2.88. The van der Waals surface area contributed by atoms with Crippen molar-refractivity contribution < 1.29 is 14.7 Å². The maximum absolute atomic E-state index is 12.6. The first-order valence-corrected chi connectivity index (χ1v) is 12.6. The quantitative estimate of drug-likeness (QED) is 0.502. The van der Waals surface area contributed by atoms with Crippen LogP contribution in [0.4, 0.5) is 5.82 Å². The monoisotopic (exact) mass is 480 g/mol. The molecule has 1 fully saturated rings. The van der Waals surface area contributed by atoms with Gasteiger partial charge in [-0.3, -0.25) is 14.5 Å². The molecule has 2 aromatic rings. The summed E-state index contributed by atoms with van der Waals surface area (Å²) in [6.07, 6.45) is 4.83. The lowest BCUT2D eigenvalue weighted by atomic mass is 10.00. The van der Waals surface area contributed by atoms with Crippen LogP contribution in [-0.2, 0) is 17.8 Å². The predicted octanol–water partition coefficient (Wildman–Crippen LogP) is 1.83. The molecule has 9 nitrogen and oxygen atoms in total. The molecule has 0 bridgehead atoms. The van der Waals surface area contributed by atoms with E-state index in [1.54, 1.807) is 6.07 Å². The lowest BCUT2D eigenvalue weighted by Gasteiger charge is -2.32. The van der Waals surface area contributed by atoms with Gasteiger partial charge in [0.2, 0.25) is 5.91 Å². The summed E-state index contributed by atoms with van der Waals surface area (Å²) >= 11 is 0. The largest absolute Gasteiger partial charge is 0.390 e. The van der Waals surface area contributed by atoms with Crippen molar-refractivity contribution in [1.82, 2.24) is 25.1 Å². The number of nitrogens with one attached hydrogen (secondary N) is 2. The zero-order valence-electron chi connectivity index (χ0n) is 20.4. The lowest BCUT2D eigenvalue weighted by molar-refractivity contribution is -0.132. The van der Waals surface area contributed by atoms with Crippen LogP contribution >= 0.6 is 0 Å². The molecule has 1 saturated heterocycles. The molecule has 3 N–H and O–H groups in total. The Kier molecular flexibility index (Phi) is 8.65. The molecule has 0 radical (unpaired) electrons. The molecule has 0 saturated carbocycles. The Morgan fingerprint density at radius 1 is 1.14 bits per heavy atom. The van der Waals surface area contributed by atoms with Gasteiger partial charge in [0.15, 0.2) is 0 Å². The lowest BCUT2D eigenvalue weighted by Crippen LogP contribution is -2.42. The minimum atomic E-state index is -0.663. The summed E-state index contributed by atoms with van der Waals surface area (Å²) < 4.78 is 0. The van der Waals surface area contributed by atoms with Crippen LogP contribution in [0.3, 0.4) is 0 Å². The fourth-order valence-corrected chi connectivity index (χ4v) is 4.79. The maximum Gasteiger partial charge on any atom is 0.270 e. The molecule has 1 aromatic carbocycles. The van der Waals surface area contributed by atoms with Gasteiger partial charge in [0.05, 0.1) is 6.10 Å². The Balaban J connectivity index is 1.21. The molecule has 2 aliphatic heterocycles. The van der Waals surface area contributed by atoms with Gasteiger partial charge < -0.3 is 20.6 Å². The van der Waals surface area contributed by atoms with Gasteiger partial charge in [-0.25, -0.2) is 9.97 Å². The molecule has 0 unspecified atom stereocenters. The highest BCUT2D eigenvalue weighted by molar-refractivity contribution is 5.92. The standard InChI is InChI=1S/C26H36N6O3/c1-2-5-25(34)32-12-9-21(10-13-32)30-24-14-23(28-18-29-24)26(35)27-15-22(33)17-31-11-8-19-6-3-4-7-20(19)16-31/h3-4,6-7,14,18,21-22,33H,2,5,8-13,15-17H2,1H3,(H,27,35)(H,28,29,30)/t22-/m0/s1. The van der Waals surface area contributed by atoms with Crippen LogP contribution in [0, 0.1) is 0 Å². The van der Waals surface area contributed by atoms with Crippen molar-refractivity contribution in [2.24, 2.45) is 0 Å². The number of aromatic nitrogens is 2. The Hall–Kier alpha value is -3.04. The van der Waals surface area contributed by atoms with E-state index in [4.69, 9.17) is 0 Å². The van der Waals surface area contributed by atoms with Gasteiger partial charge in [-0.15, -0.1) is 0 Å². The Bertz CT molecular complexity index is 1010. The Labute approximate surface area is 206 Å². The summed E-state index contributed by atoms with van der Waals surface area (Å²) in [5.74, 6) is 0.480.